The van der Waals surface area contributed by atoms with E-state index < -0.39 is 0 Å². The second-order valence-electron chi connectivity index (χ2n) is 6.99. The van der Waals surface area contributed by atoms with Crippen molar-refractivity contribution in [2.45, 2.75) is 78.7 Å². The predicted octanol–water partition coefficient (Wildman–Crippen LogP) is 6.62. The molecule has 0 heterocycles. The van der Waals surface area contributed by atoms with E-state index in [-0.39, 0.29) is 0 Å². The van der Waals surface area contributed by atoms with Crippen molar-refractivity contribution < 1.29 is 4.74 Å². The molecule has 0 aromatic heterocycles. The Labute approximate surface area is 138 Å². The van der Waals surface area contributed by atoms with Crippen molar-refractivity contribution in [1.29, 1.82) is 0 Å². The molecule has 0 fully saturated rings. The Morgan fingerprint density at radius 2 is 1.50 bits per heavy atom. The van der Waals surface area contributed by atoms with Gasteiger partial charge < -0.3 is 4.74 Å². The Hall–Kier alpha value is -0.820. The molecule has 1 heteroatoms. The van der Waals surface area contributed by atoms with Crippen molar-refractivity contribution >= 4 is 0 Å². The van der Waals surface area contributed by atoms with Crippen LogP contribution in [-0.2, 0) is 11.3 Å². The predicted molar refractivity (Wildman–Crippen MR) is 97.0 cm³/mol. The molecule has 22 heavy (non-hydrogen) atoms. The van der Waals surface area contributed by atoms with Crippen LogP contribution in [0.15, 0.2) is 30.3 Å². The Morgan fingerprint density at radius 1 is 0.818 bits per heavy atom. The molecule has 0 N–H and O–H groups in total. The van der Waals surface area contributed by atoms with Gasteiger partial charge in [-0.1, -0.05) is 96.0 Å². The molecule has 2 atom stereocenters. The number of hydrogen-bond donors (Lipinski definition) is 0. The maximum absolute atomic E-state index is 5.83. The second-order valence-corrected chi connectivity index (χ2v) is 6.99. The van der Waals surface area contributed by atoms with Crippen molar-refractivity contribution in [3.8, 4) is 0 Å². The molecule has 0 aliphatic carbocycles. The molecule has 0 saturated heterocycles. The first-order chi connectivity index (χ1) is 10.7. The van der Waals surface area contributed by atoms with Crippen molar-refractivity contribution in [1.82, 2.24) is 0 Å². The van der Waals surface area contributed by atoms with Gasteiger partial charge in [-0.2, -0.15) is 0 Å². The quantitative estimate of drug-likeness (QED) is 0.372. The van der Waals surface area contributed by atoms with Crippen LogP contribution in [0.5, 0.6) is 0 Å². The van der Waals surface area contributed by atoms with Crippen LogP contribution >= 0.6 is 0 Å². The highest BCUT2D eigenvalue weighted by Gasteiger charge is 2.06. The smallest absolute Gasteiger partial charge is 0.0717 e. The Bertz CT molecular complexity index is 346. The SMILES string of the molecule is CCCCCC[C@H](C)CCC[C@H](C)COCc1ccccc1. The summed E-state index contributed by atoms with van der Waals surface area (Å²) in [5.41, 5.74) is 1.27. The van der Waals surface area contributed by atoms with Crippen LogP contribution in [-0.4, -0.2) is 6.61 Å². The summed E-state index contributed by atoms with van der Waals surface area (Å²) in [6.07, 6.45) is 11.0. The average molecular weight is 305 g/mol. The van der Waals surface area contributed by atoms with Gasteiger partial charge in [0.25, 0.3) is 0 Å². The molecular weight excluding hydrogens is 268 g/mol. The van der Waals surface area contributed by atoms with Gasteiger partial charge in [0.15, 0.2) is 0 Å². The van der Waals surface area contributed by atoms with Crippen LogP contribution in [0.4, 0.5) is 0 Å². The lowest BCUT2D eigenvalue weighted by Gasteiger charge is -2.15. The summed E-state index contributed by atoms with van der Waals surface area (Å²) in [5, 5.41) is 0. The fourth-order valence-corrected chi connectivity index (χ4v) is 2.91. The van der Waals surface area contributed by atoms with E-state index in [1.165, 1.54) is 56.9 Å². The Balaban J connectivity index is 1.97. The van der Waals surface area contributed by atoms with E-state index in [0.717, 1.165) is 19.1 Å². The van der Waals surface area contributed by atoms with Gasteiger partial charge in [-0.3, -0.25) is 0 Å². The highest BCUT2D eigenvalue weighted by atomic mass is 16.5. The van der Waals surface area contributed by atoms with Crippen molar-refractivity contribution in [3.63, 3.8) is 0 Å². The second kappa shape index (κ2) is 12.7. The number of rotatable bonds is 13. The van der Waals surface area contributed by atoms with E-state index in [1.54, 1.807) is 0 Å². The Morgan fingerprint density at radius 3 is 2.23 bits per heavy atom. The van der Waals surface area contributed by atoms with Gasteiger partial charge in [0.1, 0.15) is 0 Å². The molecular formula is C21H36O. The van der Waals surface area contributed by atoms with Crippen molar-refractivity contribution in [2.75, 3.05) is 6.61 Å². The minimum Gasteiger partial charge on any atom is -0.376 e. The van der Waals surface area contributed by atoms with E-state index in [2.05, 4.69) is 51.1 Å². The molecule has 0 radical (unpaired) electrons. The van der Waals surface area contributed by atoms with Crippen LogP contribution < -0.4 is 0 Å². The van der Waals surface area contributed by atoms with Crippen LogP contribution in [0.3, 0.4) is 0 Å². The fraction of sp³-hybridized carbons (Fsp3) is 0.714. The van der Waals surface area contributed by atoms with Crippen LogP contribution in [0.1, 0.15) is 77.7 Å². The molecule has 1 nitrogen and oxygen atoms in total. The van der Waals surface area contributed by atoms with Crippen molar-refractivity contribution in [2.24, 2.45) is 11.8 Å². The summed E-state index contributed by atoms with van der Waals surface area (Å²) in [4.78, 5) is 0. The van der Waals surface area contributed by atoms with Gasteiger partial charge in [0, 0.05) is 6.61 Å². The lowest BCUT2D eigenvalue weighted by Crippen LogP contribution is -2.07. The first-order valence-corrected chi connectivity index (χ1v) is 9.34. The number of hydrogen-bond acceptors (Lipinski definition) is 1. The molecule has 0 spiro atoms. The molecule has 1 aromatic rings. The maximum Gasteiger partial charge on any atom is 0.0717 e. The number of benzene rings is 1. The van der Waals surface area contributed by atoms with E-state index in [1.807, 2.05) is 0 Å². The zero-order chi connectivity index (χ0) is 16.0. The first kappa shape index (κ1) is 19.2. The summed E-state index contributed by atoms with van der Waals surface area (Å²) in [6.45, 7) is 8.66. The summed E-state index contributed by atoms with van der Waals surface area (Å²) in [5.74, 6) is 1.57. The summed E-state index contributed by atoms with van der Waals surface area (Å²) >= 11 is 0. The zero-order valence-corrected chi connectivity index (χ0v) is 15.0. The van der Waals surface area contributed by atoms with Gasteiger partial charge >= 0.3 is 0 Å². The third-order valence-corrected chi connectivity index (χ3v) is 4.46. The molecule has 126 valence electrons. The Kier molecular flexibility index (Phi) is 11.1. The zero-order valence-electron chi connectivity index (χ0n) is 15.0. The summed E-state index contributed by atoms with van der Waals surface area (Å²) in [7, 11) is 0. The van der Waals surface area contributed by atoms with Crippen molar-refractivity contribution in [3.05, 3.63) is 35.9 Å². The highest BCUT2D eigenvalue weighted by Crippen LogP contribution is 2.18. The molecule has 0 bridgehead atoms. The third-order valence-electron chi connectivity index (χ3n) is 4.46. The van der Waals surface area contributed by atoms with Crippen LogP contribution in [0, 0.1) is 11.8 Å². The largest absolute Gasteiger partial charge is 0.376 e. The number of ether oxygens (including phenoxy) is 1. The minimum atomic E-state index is 0.677. The van der Waals surface area contributed by atoms with Gasteiger partial charge in [-0.25, -0.2) is 0 Å². The molecule has 0 aliphatic rings. The van der Waals surface area contributed by atoms with E-state index in [0.29, 0.717) is 5.92 Å². The molecule has 0 saturated carbocycles. The van der Waals surface area contributed by atoms with Gasteiger partial charge in [-0.05, 0) is 23.8 Å². The van der Waals surface area contributed by atoms with E-state index in [9.17, 15) is 0 Å². The highest BCUT2D eigenvalue weighted by molar-refractivity contribution is 5.13. The maximum atomic E-state index is 5.83. The summed E-state index contributed by atoms with van der Waals surface area (Å²) in [6, 6.07) is 10.5. The normalized spacial score (nSPS) is 14.0. The molecule has 1 aromatic carbocycles. The molecule has 1 rings (SSSR count). The van der Waals surface area contributed by atoms with Crippen LogP contribution in [0.2, 0.25) is 0 Å². The lowest BCUT2D eigenvalue weighted by molar-refractivity contribution is 0.0883. The van der Waals surface area contributed by atoms with E-state index >= 15 is 0 Å². The minimum absolute atomic E-state index is 0.677. The molecule has 0 unspecified atom stereocenters. The standard InChI is InChI=1S/C21H36O/c1-4-5-6-8-12-19(2)13-11-14-20(3)17-22-18-21-15-9-7-10-16-21/h7,9-10,15-16,19-20H,4-6,8,11-14,17-18H2,1-3H3/t19-,20-/m0/s1. The number of unbranched alkanes of at least 4 members (excludes halogenated alkanes) is 3. The lowest BCUT2D eigenvalue weighted by atomic mass is 9.95. The topological polar surface area (TPSA) is 9.23 Å². The van der Waals surface area contributed by atoms with Gasteiger partial charge in [0.05, 0.1) is 6.61 Å². The fourth-order valence-electron chi connectivity index (χ4n) is 2.91. The van der Waals surface area contributed by atoms with Gasteiger partial charge in [-0.15, -0.1) is 0 Å². The molecule has 0 aliphatic heterocycles. The monoisotopic (exact) mass is 304 g/mol. The van der Waals surface area contributed by atoms with Crippen LogP contribution in [0.25, 0.3) is 0 Å². The average Bonchev–Trinajstić information content (AvgIpc) is 2.53. The van der Waals surface area contributed by atoms with Gasteiger partial charge in [0.2, 0.25) is 0 Å². The summed E-state index contributed by atoms with van der Waals surface area (Å²) < 4.78 is 5.83. The first-order valence-electron chi connectivity index (χ1n) is 9.34. The third kappa shape index (κ3) is 10.00. The molecule has 0 amide bonds. The van der Waals surface area contributed by atoms with E-state index in [4.69, 9.17) is 4.74 Å².